The maximum atomic E-state index is 12.2. The molecule has 0 unspecified atom stereocenters. The first-order valence-electron chi connectivity index (χ1n) is 7.27. The first-order valence-corrected chi connectivity index (χ1v) is 7.27. The molecular weight excluding hydrogens is 268 g/mol. The van der Waals surface area contributed by atoms with E-state index in [0.717, 1.165) is 18.4 Å². The van der Waals surface area contributed by atoms with Crippen LogP contribution >= 0.6 is 0 Å². The molecule has 1 fully saturated rings. The molecule has 114 valence electrons. The first kappa shape index (κ1) is 15.5. The summed E-state index contributed by atoms with van der Waals surface area (Å²) < 4.78 is 0. The molecule has 1 aromatic rings. The fourth-order valence-corrected chi connectivity index (χ4v) is 2.62. The van der Waals surface area contributed by atoms with Crippen LogP contribution in [0.4, 0.5) is 0 Å². The molecule has 0 saturated heterocycles. The molecule has 5 nitrogen and oxygen atoms in total. The van der Waals surface area contributed by atoms with Gasteiger partial charge in [-0.2, -0.15) is 0 Å². The van der Waals surface area contributed by atoms with Crippen molar-refractivity contribution in [3.63, 3.8) is 0 Å². The zero-order chi connectivity index (χ0) is 15.7. The molecule has 1 aliphatic carbocycles. The minimum Gasteiger partial charge on any atom is -0.480 e. The van der Waals surface area contributed by atoms with Gasteiger partial charge in [0, 0.05) is 6.20 Å². The molecule has 1 amide bonds. The summed E-state index contributed by atoms with van der Waals surface area (Å²) in [6.45, 7) is 6.21. The molecule has 1 saturated carbocycles. The fraction of sp³-hybridized carbons (Fsp3) is 0.562. The van der Waals surface area contributed by atoms with Crippen molar-refractivity contribution in [2.24, 2.45) is 0 Å². The number of aliphatic carboxylic acids is 1. The van der Waals surface area contributed by atoms with Gasteiger partial charge in [0.1, 0.15) is 11.2 Å². The van der Waals surface area contributed by atoms with Crippen molar-refractivity contribution in [2.45, 2.75) is 57.4 Å². The number of carbonyl (C=O) groups excluding carboxylic acids is 1. The first-order chi connectivity index (χ1) is 9.74. The number of hydrogen-bond donors (Lipinski definition) is 2. The van der Waals surface area contributed by atoms with Gasteiger partial charge < -0.3 is 10.4 Å². The number of pyridine rings is 1. The van der Waals surface area contributed by atoms with Crippen molar-refractivity contribution >= 4 is 11.9 Å². The molecule has 21 heavy (non-hydrogen) atoms. The number of carboxylic acids is 1. The number of aromatic nitrogens is 1. The highest BCUT2D eigenvalue weighted by atomic mass is 16.4. The second-order valence-corrected chi connectivity index (χ2v) is 6.73. The Morgan fingerprint density at radius 3 is 2.29 bits per heavy atom. The average Bonchev–Trinajstić information content (AvgIpc) is 2.88. The van der Waals surface area contributed by atoms with E-state index in [-0.39, 0.29) is 11.1 Å². The molecule has 2 rings (SSSR count). The quantitative estimate of drug-likeness (QED) is 0.896. The van der Waals surface area contributed by atoms with Crippen molar-refractivity contribution in [1.82, 2.24) is 10.3 Å². The van der Waals surface area contributed by atoms with E-state index in [4.69, 9.17) is 0 Å². The lowest BCUT2D eigenvalue weighted by Gasteiger charge is -2.25. The molecule has 2 N–H and O–H groups in total. The van der Waals surface area contributed by atoms with Gasteiger partial charge in [-0.05, 0) is 29.9 Å². The molecule has 0 radical (unpaired) electrons. The summed E-state index contributed by atoms with van der Waals surface area (Å²) in [5.41, 5.74) is 0.139. The zero-order valence-electron chi connectivity index (χ0n) is 12.8. The Bertz CT molecular complexity index is 538. The van der Waals surface area contributed by atoms with Crippen LogP contribution in [-0.2, 0) is 10.2 Å². The molecular formula is C16H22N2O3. The van der Waals surface area contributed by atoms with Crippen LogP contribution in [0.5, 0.6) is 0 Å². The Hall–Kier alpha value is -1.91. The molecule has 0 bridgehead atoms. The van der Waals surface area contributed by atoms with Crippen molar-refractivity contribution < 1.29 is 14.7 Å². The number of nitrogens with zero attached hydrogens (tertiary/aromatic N) is 1. The van der Waals surface area contributed by atoms with Crippen LogP contribution < -0.4 is 5.32 Å². The number of nitrogens with one attached hydrogen (secondary N) is 1. The van der Waals surface area contributed by atoms with E-state index in [2.05, 4.69) is 31.1 Å². The predicted molar refractivity (Wildman–Crippen MR) is 79.2 cm³/mol. The summed E-state index contributed by atoms with van der Waals surface area (Å²) in [6, 6.07) is 3.52. The van der Waals surface area contributed by atoms with E-state index in [0.29, 0.717) is 12.8 Å². The van der Waals surface area contributed by atoms with E-state index in [9.17, 15) is 14.7 Å². The molecule has 1 heterocycles. The highest BCUT2D eigenvalue weighted by Gasteiger charge is 2.42. The maximum absolute atomic E-state index is 12.2. The van der Waals surface area contributed by atoms with Gasteiger partial charge in [-0.1, -0.05) is 39.7 Å². The third-order valence-corrected chi connectivity index (χ3v) is 4.08. The van der Waals surface area contributed by atoms with Crippen molar-refractivity contribution in [2.75, 3.05) is 0 Å². The van der Waals surface area contributed by atoms with Gasteiger partial charge >= 0.3 is 5.97 Å². The standard InChI is InChI=1S/C16H22N2O3/c1-15(2,3)11-6-7-12(17-10-11)13(19)18-16(14(20)21)8-4-5-9-16/h6-7,10H,4-5,8-9H2,1-3H3,(H,18,19)(H,20,21). The molecule has 1 aliphatic rings. The van der Waals surface area contributed by atoms with Crippen LogP contribution in [0.3, 0.4) is 0 Å². The molecule has 0 aromatic carbocycles. The number of carbonyl (C=O) groups is 2. The molecule has 0 aliphatic heterocycles. The summed E-state index contributed by atoms with van der Waals surface area (Å²) in [6.07, 6.45) is 4.28. The minimum atomic E-state index is -1.12. The van der Waals surface area contributed by atoms with Crippen LogP contribution in [0, 0.1) is 0 Å². The zero-order valence-corrected chi connectivity index (χ0v) is 12.8. The van der Waals surface area contributed by atoms with Crippen LogP contribution in [0.25, 0.3) is 0 Å². The van der Waals surface area contributed by atoms with E-state index in [1.54, 1.807) is 12.3 Å². The normalized spacial score (nSPS) is 17.5. The SMILES string of the molecule is CC(C)(C)c1ccc(C(=O)NC2(C(=O)O)CCCC2)nc1. The summed E-state index contributed by atoms with van der Waals surface area (Å²) in [5, 5.41) is 12.0. The van der Waals surface area contributed by atoms with Gasteiger partial charge in [0.15, 0.2) is 0 Å². The fourth-order valence-electron chi connectivity index (χ4n) is 2.62. The Kier molecular flexibility index (Phi) is 4.03. The van der Waals surface area contributed by atoms with Crippen LogP contribution in [0.2, 0.25) is 0 Å². The van der Waals surface area contributed by atoms with Gasteiger partial charge in [0.25, 0.3) is 5.91 Å². The number of amides is 1. The lowest BCUT2D eigenvalue weighted by atomic mass is 9.88. The van der Waals surface area contributed by atoms with Gasteiger partial charge in [0.2, 0.25) is 0 Å². The minimum absolute atomic E-state index is 0.0320. The smallest absolute Gasteiger partial charge is 0.329 e. The van der Waals surface area contributed by atoms with Gasteiger partial charge in [-0.15, -0.1) is 0 Å². The number of hydrogen-bond acceptors (Lipinski definition) is 3. The third-order valence-electron chi connectivity index (χ3n) is 4.08. The monoisotopic (exact) mass is 290 g/mol. The van der Waals surface area contributed by atoms with Crippen molar-refractivity contribution in [1.29, 1.82) is 0 Å². The molecule has 0 atom stereocenters. The lowest BCUT2D eigenvalue weighted by Crippen LogP contribution is -2.52. The van der Waals surface area contributed by atoms with Crippen molar-refractivity contribution in [3.05, 3.63) is 29.6 Å². The highest BCUT2D eigenvalue weighted by molar-refractivity contribution is 5.96. The summed E-state index contributed by atoms with van der Waals surface area (Å²) in [5.74, 6) is -1.38. The summed E-state index contributed by atoms with van der Waals surface area (Å²) in [4.78, 5) is 27.8. The second-order valence-electron chi connectivity index (χ2n) is 6.73. The Morgan fingerprint density at radius 1 is 1.24 bits per heavy atom. The van der Waals surface area contributed by atoms with E-state index < -0.39 is 17.4 Å². The number of rotatable bonds is 3. The van der Waals surface area contributed by atoms with E-state index in [1.807, 2.05) is 6.07 Å². The number of carboxylic acid groups (broad SMARTS) is 1. The predicted octanol–water partition coefficient (Wildman–Crippen LogP) is 2.51. The van der Waals surface area contributed by atoms with Crippen molar-refractivity contribution in [3.8, 4) is 0 Å². The lowest BCUT2D eigenvalue weighted by molar-refractivity contribution is -0.144. The van der Waals surface area contributed by atoms with Gasteiger partial charge in [-0.25, -0.2) is 4.79 Å². The highest BCUT2D eigenvalue weighted by Crippen LogP contribution is 2.30. The summed E-state index contributed by atoms with van der Waals surface area (Å²) in [7, 11) is 0. The third kappa shape index (κ3) is 3.23. The van der Waals surface area contributed by atoms with Crippen LogP contribution in [-0.4, -0.2) is 27.5 Å². The van der Waals surface area contributed by atoms with E-state index in [1.165, 1.54) is 0 Å². The Morgan fingerprint density at radius 2 is 1.86 bits per heavy atom. The van der Waals surface area contributed by atoms with E-state index >= 15 is 0 Å². The second kappa shape index (κ2) is 5.47. The van der Waals surface area contributed by atoms with Crippen LogP contribution in [0.15, 0.2) is 18.3 Å². The van der Waals surface area contributed by atoms with Crippen LogP contribution in [0.1, 0.15) is 62.5 Å². The molecule has 1 aromatic heterocycles. The molecule has 0 spiro atoms. The maximum Gasteiger partial charge on any atom is 0.329 e. The van der Waals surface area contributed by atoms with Gasteiger partial charge in [-0.3, -0.25) is 9.78 Å². The Labute approximate surface area is 124 Å². The molecule has 5 heteroatoms. The largest absolute Gasteiger partial charge is 0.480 e. The summed E-state index contributed by atoms with van der Waals surface area (Å²) >= 11 is 0. The van der Waals surface area contributed by atoms with Gasteiger partial charge in [0.05, 0.1) is 0 Å². The Balaban J connectivity index is 2.15. The topological polar surface area (TPSA) is 79.3 Å². The average molecular weight is 290 g/mol.